The van der Waals surface area contributed by atoms with Crippen molar-refractivity contribution >= 4 is 23.3 Å². The van der Waals surface area contributed by atoms with Crippen LogP contribution in [0.15, 0.2) is 41.1 Å². The largest absolute Gasteiger partial charge is 0.467 e. The Labute approximate surface area is 134 Å². The van der Waals surface area contributed by atoms with E-state index in [1.165, 1.54) is 0 Å². The number of halogens is 1. The molecule has 22 heavy (non-hydrogen) atoms. The number of furan rings is 1. The number of nitrogens with zero attached hydrogens (tertiary/aromatic N) is 2. The average molecular weight is 320 g/mol. The van der Waals surface area contributed by atoms with Crippen molar-refractivity contribution in [1.29, 1.82) is 0 Å². The first kappa shape index (κ1) is 14.9. The number of piperidine rings is 1. The van der Waals surface area contributed by atoms with Gasteiger partial charge >= 0.3 is 6.03 Å². The fourth-order valence-electron chi connectivity index (χ4n) is 2.80. The van der Waals surface area contributed by atoms with Crippen LogP contribution in [0, 0.1) is 5.92 Å². The molecule has 1 aliphatic rings. The van der Waals surface area contributed by atoms with E-state index in [0.717, 1.165) is 18.6 Å². The molecule has 1 fully saturated rings. The topological polar surface area (TPSA) is 58.4 Å². The van der Waals surface area contributed by atoms with Gasteiger partial charge in [-0.25, -0.2) is 9.78 Å². The van der Waals surface area contributed by atoms with Gasteiger partial charge in [0, 0.05) is 12.7 Å². The Kier molecular flexibility index (Phi) is 4.34. The first-order valence-corrected chi connectivity index (χ1v) is 7.74. The van der Waals surface area contributed by atoms with Crippen molar-refractivity contribution in [2.75, 3.05) is 11.9 Å². The number of pyridine rings is 1. The molecule has 1 saturated heterocycles. The van der Waals surface area contributed by atoms with Crippen molar-refractivity contribution in [2.45, 2.75) is 25.8 Å². The van der Waals surface area contributed by atoms with Gasteiger partial charge in [-0.3, -0.25) is 0 Å². The Hall–Kier alpha value is -2.01. The van der Waals surface area contributed by atoms with E-state index in [4.69, 9.17) is 16.0 Å². The summed E-state index contributed by atoms with van der Waals surface area (Å²) < 4.78 is 5.52. The molecule has 2 atom stereocenters. The minimum atomic E-state index is -0.178. The van der Waals surface area contributed by atoms with Crippen LogP contribution in [0.5, 0.6) is 0 Å². The van der Waals surface area contributed by atoms with Crippen LogP contribution in [-0.2, 0) is 0 Å². The highest BCUT2D eigenvalue weighted by atomic mass is 35.5. The molecule has 0 aromatic carbocycles. The maximum atomic E-state index is 12.6. The van der Waals surface area contributed by atoms with Gasteiger partial charge in [0.25, 0.3) is 0 Å². The first-order valence-electron chi connectivity index (χ1n) is 7.36. The predicted molar refractivity (Wildman–Crippen MR) is 84.8 cm³/mol. The standard InChI is InChI=1S/C16H18ClN3O2/c1-11-6-8-20(13(10-11)14-5-3-9-22-14)16(21)19-12-4-2-7-18-15(12)17/h2-5,7,9,11,13H,6,8,10H2,1H3,(H,19,21)/t11-,13+/m1/s1. The molecular formula is C16H18ClN3O2. The van der Waals surface area contributed by atoms with Gasteiger partial charge in [-0.05, 0) is 43.0 Å². The quantitative estimate of drug-likeness (QED) is 0.838. The fraction of sp³-hybridized carbons (Fsp3) is 0.375. The number of carbonyl (C=O) groups excluding carboxylic acids is 1. The number of likely N-dealkylation sites (tertiary alicyclic amines) is 1. The minimum Gasteiger partial charge on any atom is -0.467 e. The molecule has 0 saturated carbocycles. The molecule has 2 amide bonds. The second-order valence-corrected chi connectivity index (χ2v) is 5.98. The molecule has 2 aromatic heterocycles. The molecule has 0 bridgehead atoms. The normalized spacial score (nSPS) is 21.6. The molecule has 5 nitrogen and oxygen atoms in total. The smallest absolute Gasteiger partial charge is 0.322 e. The van der Waals surface area contributed by atoms with Gasteiger partial charge < -0.3 is 14.6 Å². The van der Waals surface area contributed by atoms with Gasteiger partial charge in [-0.15, -0.1) is 0 Å². The fourth-order valence-corrected chi connectivity index (χ4v) is 2.97. The molecule has 1 N–H and O–H groups in total. The monoisotopic (exact) mass is 319 g/mol. The van der Waals surface area contributed by atoms with Gasteiger partial charge in [0.2, 0.25) is 0 Å². The van der Waals surface area contributed by atoms with E-state index >= 15 is 0 Å². The van der Waals surface area contributed by atoms with Crippen molar-refractivity contribution in [3.05, 3.63) is 47.6 Å². The number of aromatic nitrogens is 1. The Bertz CT molecular complexity index is 645. The zero-order chi connectivity index (χ0) is 15.5. The highest BCUT2D eigenvalue weighted by Gasteiger charge is 2.32. The van der Waals surface area contributed by atoms with Crippen molar-refractivity contribution in [3.8, 4) is 0 Å². The van der Waals surface area contributed by atoms with E-state index in [-0.39, 0.29) is 17.2 Å². The van der Waals surface area contributed by atoms with E-state index in [9.17, 15) is 4.79 Å². The molecule has 0 radical (unpaired) electrons. The first-order chi connectivity index (χ1) is 10.6. The van der Waals surface area contributed by atoms with Crippen LogP contribution in [-0.4, -0.2) is 22.5 Å². The van der Waals surface area contributed by atoms with E-state index in [2.05, 4.69) is 17.2 Å². The van der Waals surface area contributed by atoms with Gasteiger partial charge in [0.05, 0.1) is 18.0 Å². The number of hydrogen-bond acceptors (Lipinski definition) is 3. The lowest BCUT2D eigenvalue weighted by molar-refractivity contribution is 0.129. The van der Waals surface area contributed by atoms with Crippen molar-refractivity contribution < 1.29 is 9.21 Å². The second-order valence-electron chi connectivity index (χ2n) is 5.63. The molecule has 3 rings (SSSR count). The summed E-state index contributed by atoms with van der Waals surface area (Å²) in [4.78, 5) is 18.4. The zero-order valence-corrected chi connectivity index (χ0v) is 13.1. The van der Waals surface area contributed by atoms with Crippen molar-refractivity contribution in [3.63, 3.8) is 0 Å². The summed E-state index contributed by atoms with van der Waals surface area (Å²) in [5.41, 5.74) is 0.519. The van der Waals surface area contributed by atoms with Crippen molar-refractivity contribution in [2.24, 2.45) is 5.92 Å². The number of hydrogen-bond donors (Lipinski definition) is 1. The molecular weight excluding hydrogens is 302 g/mol. The lowest BCUT2D eigenvalue weighted by Crippen LogP contribution is -2.42. The maximum absolute atomic E-state index is 12.6. The number of anilines is 1. The van der Waals surface area contributed by atoms with Crippen LogP contribution >= 0.6 is 11.6 Å². The SMILES string of the molecule is C[C@@H]1CCN(C(=O)Nc2cccnc2Cl)[C@H](c2ccco2)C1. The summed E-state index contributed by atoms with van der Waals surface area (Å²) in [5, 5.41) is 3.13. The Morgan fingerprint density at radius 2 is 2.32 bits per heavy atom. The lowest BCUT2D eigenvalue weighted by Gasteiger charge is -2.37. The number of carbonyl (C=O) groups is 1. The molecule has 116 valence electrons. The third-order valence-electron chi connectivity index (χ3n) is 4.00. The summed E-state index contributed by atoms with van der Waals surface area (Å²) in [6, 6.07) is 7.02. The van der Waals surface area contributed by atoms with Crippen LogP contribution in [0.3, 0.4) is 0 Å². The number of nitrogens with one attached hydrogen (secondary N) is 1. The van der Waals surface area contributed by atoms with Gasteiger partial charge in [0.15, 0.2) is 5.15 Å². The summed E-state index contributed by atoms with van der Waals surface area (Å²) in [6.45, 7) is 2.89. The molecule has 6 heteroatoms. The average Bonchev–Trinajstić information content (AvgIpc) is 3.03. The predicted octanol–water partition coefficient (Wildman–Crippen LogP) is 4.33. The number of urea groups is 1. The van der Waals surface area contributed by atoms with Gasteiger partial charge in [-0.2, -0.15) is 0 Å². The van der Waals surface area contributed by atoms with Gasteiger partial charge in [-0.1, -0.05) is 18.5 Å². The molecule has 0 aliphatic carbocycles. The van der Waals surface area contributed by atoms with E-state index in [1.807, 2.05) is 17.0 Å². The van der Waals surface area contributed by atoms with Crippen LogP contribution < -0.4 is 5.32 Å². The van der Waals surface area contributed by atoms with Crippen LogP contribution in [0.1, 0.15) is 31.6 Å². The molecule has 0 spiro atoms. The lowest BCUT2D eigenvalue weighted by atomic mass is 9.91. The van der Waals surface area contributed by atoms with Crippen LogP contribution in [0.4, 0.5) is 10.5 Å². The van der Waals surface area contributed by atoms with Crippen molar-refractivity contribution in [1.82, 2.24) is 9.88 Å². The van der Waals surface area contributed by atoms with Gasteiger partial charge in [0.1, 0.15) is 5.76 Å². The third kappa shape index (κ3) is 3.09. The Morgan fingerprint density at radius 3 is 3.05 bits per heavy atom. The minimum absolute atomic E-state index is 0.0470. The molecule has 2 aromatic rings. The second kappa shape index (κ2) is 6.40. The summed E-state index contributed by atoms with van der Waals surface area (Å²) in [6.07, 6.45) is 5.10. The summed E-state index contributed by atoms with van der Waals surface area (Å²) in [5.74, 6) is 1.38. The number of rotatable bonds is 2. The Balaban J connectivity index is 1.79. The summed E-state index contributed by atoms with van der Waals surface area (Å²) >= 11 is 6.00. The third-order valence-corrected chi connectivity index (χ3v) is 4.30. The molecule has 0 unspecified atom stereocenters. The van der Waals surface area contributed by atoms with E-state index < -0.39 is 0 Å². The summed E-state index contributed by atoms with van der Waals surface area (Å²) in [7, 11) is 0. The molecule has 3 heterocycles. The van der Waals surface area contributed by atoms with E-state index in [1.54, 1.807) is 24.6 Å². The maximum Gasteiger partial charge on any atom is 0.322 e. The van der Waals surface area contributed by atoms with Crippen LogP contribution in [0.2, 0.25) is 5.15 Å². The zero-order valence-electron chi connectivity index (χ0n) is 12.3. The highest BCUT2D eigenvalue weighted by molar-refractivity contribution is 6.32. The van der Waals surface area contributed by atoms with Crippen LogP contribution in [0.25, 0.3) is 0 Å². The van der Waals surface area contributed by atoms with E-state index in [0.29, 0.717) is 18.2 Å². The Morgan fingerprint density at radius 1 is 1.45 bits per heavy atom. The number of amides is 2. The highest BCUT2D eigenvalue weighted by Crippen LogP contribution is 2.34. The molecule has 1 aliphatic heterocycles.